The summed E-state index contributed by atoms with van der Waals surface area (Å²) in [6, 6.07) is 7.45. The molecule has 0 bridgehead atoms. The van der Waals surface area contributed by atoms with Crippen LogP contribution < -0.4 is 10.0 Å². The standard InChI is InChI=1S/C14H25N3O2S/c1-4-6-10-17(3)20(18,19)16-14-9-7-8-13(11-14)12-15-5-2/h7-9,11,15-16H,4-6,10,12H2,1-3H3. The van der Waals surface area contributed by atoms with Gasteiger partial charge in [-0.05, 0) is 30.7 Å². The van der Waals surface area contributed by atoms with Gasteiger partial charge in [-0.2, -0.15) is 12.7 Å². The molecule has 6 heteroatoms. The molecule has 1 aromatic carbocycles. The van der Waals surface area contributed by atoms with Crippen molar-refractivity contribution in [2.24, 2.45) is 0 Å². The first-order valence-corrected chi connectivity index (χ1v) is 8.47. The third-order valence-electron chi connectivity index (χ3n) is 2.99. The van der Waals surface area contributed by atoms with Crippen LogP contribution in [-0.2, 0) is 16.8 Å². The smallest absolute Gasteiger partial charge is 0.301 e. The maximum atomic E-state index is 12.1. The Morgan fingerprint density at radius 1 is 1.25 bits per heavy atom. The van der Waals surface area contributed by atoms with Crippen LogP contribution in [0, 0.1) is 0 Å². The number of hydrogen-bond acceptors (Lipinski definition) is 3. The largest absolute Gasteiger partial charge is 0.313 e. The molecule has 0 heterocycles. The van der Waals surface area contributed by atoms with E-state index in [0.717, 1.165) is 31.5 Å². The zero-order valence-electron chi connectivity index (χ0n) is 12.5. The molecule has 1 aromatic rings. The van der Waals surface area contributed by atoms with Crippen LogP contribution in [0.3, 0.4) is 0 Å². The van der Waals surface area contributed by atoms with Gasteiger partial charge in [-0.15, -0.1) is 0 Å². The van der Waals surface area contributed by atoms with Gasteiger partial charge in [0.25, 0.3) is 0 Å². The average Bonchev–Trinajstić information content (AvgIpc) is 2.42. The van der Waals surface area contributed by atoms with Gasteiger partial charge < -0.3 is 5.32 Å². The minimum atomic E-state index is -3.46. The molecule has 2 N–H and O–H groups in total. The van der Waals surface area contributed by atoms with Gasteiger partial charge in [0, 0.05) is 20.1 Å². The van der Waals surface area contributed by atoms with Crippen LogP contribution in [0.25, 0.3) is 0 Å². The molecule has 5 nitrogen and oxygen atoms in total. The van der Waals surface area contributed by atoms with E-state index >= 15 is 0 Å². The molecule has 0 radical (unpaired) electrons. The lowest BCUT2D eigenvalue weighted by molar-refractivity contribution is 0.463. The second kappa shape index (κ2) is 8.24. The van der Waals surface area contributed by atoms with Crippen molar-refractivity contribution in [1.82, 2.24) is 9.62 Å². The van der Waals surface area contributed by atoms with Crippen LogP contribution in [0.2, 0.25) is 0 Å². The van der Waals surface area contributed by atoms with Crippen LogP contribution >= 0.6 is 0 Å². The van der Waals surface area contributed by atoms with E-state index in [2.05, 4.69) is 10.0 Å². The van der Waals surface area contributed by atoms with E-state index in [4.69, 9.17) is 0 Å². The summed E-state index contributed by atoms with van der Waals surface area (Å²) in [5.74, 6) is 0. The van der Waals surface area contributed by atoms with Crippen molar-refractivity contribution in [1.29, 1.82) is 0 Å². The zero-order valence-corrected chi connectivity index (χ0v) is 13.3. The molecular formula is C14H25N3O2S. The van der Waals surface area contributed by atoms with Crippen molar-refractivity contribution in [2.45, 2.75) is 33.2 Å². The normalized spacial score (nSPS) is 11.8. The maximum Gasteiger partial charge on any atom is 0.301 e. The molecule has 20 heavy (non-hydrogen) atoms. The van der Waals surface area contributed by atoms with Crippen LogP contribution in [-0.4, -0.2) is 32.9 Å². The quantitative estimate of drug-likeness (QED) is 0.735. The second-order valence-electron chi connectivity index (χ2n) is 4.76. The van der Waals surface area contributed by atoms with Crippen LogP contribution in [0.5, 0.6) is 0 Å². The van der Waals surface area contributed by atoms with E-state index in [1.807, 2.05) is 32.0 Å². The molecule has 0 amide bonds. The Balaban J connectivity index is 2.71. The van der Waals surface area contributed by atoms with Crippen molar-refractivity contribution in [2.75, 3.05) is 24.9 Å². The Morgan fingerprint density at radius 2 is 2.00 bits per heavy atom. The number of anilines is 1. The molecule has 0 saturated carbocycles. The number of unbranched alkanes of at least 4 members (excludes halogenated alkanes) is 1. The fourth-order valence-electron chi connectivity index (χ4n) is 1.74. The zero-order chi connectivity index (χ0) is 15.0. The van der Waals surface area contributed by atoms with Gasteiger partial charge in [-0.3, -0.25) is 4.72 Å². The van der Waals surface area contributed by atoms with Gasteiger partial charge in [0.05, 0.1) is 5.69 Å². The Kier molecular flexibility index (Phi) is 6.98. The number of nitrogens with zero attached hydrogens (tertiary/aromatic N) is 1. The van der Waals surface area contributed by atoms with Crippen molar-refractivity contribution >= 4 is 15.9 Å². The van der Waals surface area contributed by atoms with E-state index in [1.165, 1.54) is 4.31 Å². The van der Waals surface area contributed by atoms with Gasteiger partial charge in [0.15, 0.2) is 0 Å². The third kappa shape index (κ3) is 5.48. The second-order valence-corrected chi connectivity index (χ2v) is 6.54. The first-order chi connectivity index (χ1) is 9.49. The summed E-state index contributed by atoms with van der Waals surface area (Å²) < 4.78 is 28.2. The SMILES string of the molecule is CCCCN(C)S(=O)(=O)Nc1cccc(CNCC)c1. The van der Waals surface area contributed by atoms with E-state index in [0.29, 0.717) is 12.2 Å². The van der Waals surface area contributed by atoms with Crippen LogP contribution in [0.4, 0.5) is 5.69 Å². The van der Waals surface area contributed by atoms with Gasteiger partial charge in [0.1, 0.15) is 0 Å². The van der Waals surface area contributed by atoms with Crippen molar-refractivity contribution < 1.29 is 8.42 Å². The number of rotatable bonds is 9. The highest BCUT2D eigenvalue weighted by Crippen LogP contribution is 2.14. The summed E-state index contributed by atoms with van der Waals surface area (Å²) >= 11 is 0. The minimum Gasteiger partial charge on any atom is -0.313 e. The fourth-order valence-corrected chi connectivity index (χ4v) is 2.69. The highest BCUT2D eigenvalue weighted by molar-refractivity contribution is 7.90. The molecule has 0 spiro atoms. The lowest BCUT2D eigenvalue weighted by atomic mass is 10.2. The Labute approximate surface area is 122 Å². The highest BCUT2D eigenvalue weighted by Gasteiger charge is 2.16. The molecule has 0 atom stereocenters. The van der Waals surface area contributed by atoms with E-state index in [-0.39, 0.29) is 0 Å². The van der Waals surface area contributed by atoms with Crippen LogP contribution in [0.15, 0.2) is 24.3 Å². The number of benzene rings is 1. The lowest BCUT2D eigenvalue weighted by Gasteiger charge is -2.18. The Morgan fingerprint density at radius 3 is 2.65 bits per heavy atom. The lowest BCUT2D eigenvalue weighted by Crippen LogP contribution is -2.33. The average molecular weight is 299 g/mol. The van der Waals surface area contributed by atoms with Crippen LogP contribution in [0.1, 0.15) is 32.3 Å². The monoisotopic (exact) mass is 299 g/mol. The van der Waals surface area contributed by atoms with Gasteiger partial charge >= 0.3 is 10.2 Å². The molecule has 0 saturated heterocycles. The summed E-state index contributed by atoms with van der Waals surface area (Å²) in [4.78, 5) is 0. The predicted octanol–water partition coefficient (Wildman–Crippen LogP) is 2.18. The third-order valence-corrected chi connectivity index (χ3v) is 4.49. The Bertz CT molecular complexity index is 503. The highest BCUT2D eigenvalue weighted by atomic mass is 32.2. The van der Waals surface area contributed by atoms with Crippen molar-refractivity contribution in [3.05, 3.63) is 29.8 Å². The van der Waals surface area contributed by atoms with Crippen molar-refractivity contribution in [3.8, 4) is 0 Å². The summed E-state index contributed by atoms with van der Waals surface area (Å²) in [5.41, 5.74) is 1.66. The molecule has 0 aliphatic carbocycles. The first-order valence-electron chi connectivity index (χ1n) is 7.03. The molecule has 0 aliphatic rings. The summed E-state index contributed by atoms with van der Waals surface area (Å²) in [6.45, 7) is 6.23. The van der Waals surface area contributed by atoms with Gasteiger partial charge in [0.2, 0.25) is 0 Å². The Hall–Kier alpha value is -1.11. The van der Waals surface area contributed by atoms with Gasteiger partial charge in [-0.25, -0.2) is 0 Å². The summed E-state index contributed by atoms with van der Waals surface area (Å²) in [6.07, 6.45) is 1.83. The molecule has 1 rings (SSSR count). The molecule has 0 aromatic heterocycles. The number of hydrogen-bond donors (Lipinski definition) is 2. The minimum absolute atomic E-state index is 0.531. The molecule has 0 fully saturated rings. The summed E-state index contributed by atoms with van der Waals surface area (Å²) in [7, 11) is -1.86. The van der Waals surface area contributed by atoms with E-state index < -0.39 is 10.2 Å². The van der Waals surface area contributed by atoms with E-state index in [1.54, 1.807) is 13.1 Å². The predicted molar refractivity (Wildman–Crippen MR) is 83.9 cm³/mol. The number of nitrogens with one attached hydrogen (secondary N) is 2. The van der Waals surface area contributed by atoms with E-state index in [9.17, 15) is 8.42 Å². The molecular weight excluding hydrogens is 274 g/mol. The summed E-state index contributed by atoms with van der Waals surface area (Å²) in [5, 5.41) is 3.22. The first kappa shape index (κ1) is 16.9. The molecule has 0 aliphatic heterocycles. The fraction of sp³-hybridized carbons (Fsp3) is 0.571. The maximum absolute atomic E-state index is 12.1. The van der Waals surface area contributed by atoms with Crippen molar-refractivity contribution in [3.63, 3.8) is 0 Å². The molecule has 114 valence electrons. The topological polar surface area (TPSA) is 61.4 Å². The molecule has 0 unspecified atom stereocenters. The van der Waals surface area contributed by atoms with Gasteiger partial charge in [-0.1, -0.05) is 32.4 Å².